The number of carbonyl (C=O) groups is 1. The van der Waals surface area contributed by atoms with Gasteiger partial charge in [0.15, 0.2) is 0 Å². The number of primary amides is 1. The van der Waals surface area contributed by atoms with Crippen LogP contribution >= 0.6 is 23.2 Å². The van der Waals surface area contributed by atoms with Gasteiger partial charge in [0.2, 0.25) is 5.91 Å². The van der Waals surface area contributed by atoms with E-state index in [9.17, 15) is 18.0 Å². The molecule has 1 amide bonds. The third kappa shape index (κ3) is 3.16. The van der Waals surface area contributed by atoms with E-state index in [0.29, 0.717) is 12.1 Å². The summed E-state index contributed by atoms with van der Waals surface area (Å²) >= 11 is 11.5. The lowest BCUT2D eigenvalue weighted by molar-refractivity contribution is -0.137. The van der Waals surface area contributed by atoms with Gasteiger partial charge in [0, 0.05) is 6.42 Å². The average Bonchev–Trinajstić information content (AvgIpc) is 3.06. The molecule has 20 heavy (non-hydrogen) atoms. The van der Waals surface area contributed by atoms with Crippen LogP contribution in [0.25, 0.3) is 0 Å². The summed E-state index contributed by atoms with van der Waals surface area (Å²) in [6.45, 7) is 0. The topological polar surface area (TPSA) is 67.5 Å². The van der Waals surface area contributed by atoms with Gasteiger partial charge in [-0.05, 0) is 12.1 Å². The van der Waals surface area contributed by atoms with E-state index in [1.54, 1.807) is 0 Å². The molecule has 1 unspecified atom stereocenters. The van der Waals surface area contributed by atoms with Crippen LogP contribution in [0.2, 0.25) is 10.0 Å². The minimum atomic E-state index is -4.54. The average molecular weight is 326 g/mol. The molecule has 0 aromatic heterocycles. The third-order valence-corrected chi connectivity index (χ3v) is 3.28. The Morgan fingerprint density at radius 3 is 2.30 bits per heavy atom. The molecule has 4 nitrogen and oxygen atoms in total. The standard InChI is InChI=1S/C11H8Cl2F3N3O/c12-6-1-4(11(14,15)16)2-7(13)9(6)19-18-8-3-5(8)10(17)20/h1-2,5,19H,3H2,(H2,17,20). The quantitative estimate of drug-likeness (QED) is 0.837. The lowest BCUT2D eigenvalue weighted by Gasteiger charge is -2.11. The van der Waals surface area contributed by atoms with E-state index in [-0.39, 0.29) is 15.7 Å². The maximum Gasteiger partial charge on any atom is 0.416 e. The summed E-state index contributed by atoms with van der Waals surface area (Å²) in [7, 11) is 0. The molecule has 0 heterocycles. The van der Waals surface area contributed by atoms with Crippen LogP contribution < -0.4 is 11.2 Å². The van der Waals surface area contributed by atoms with Crippen molar-refractivity contribution in [2.75, 3.05) is 5.43 Å². The highest BCUT2D eigenvalue weighted by molar-refractivity contribution is 6.39. The van der Waals surface area contributed by atoms with Gasteiger partial charge in [-0.15, -0.1) is 0 Å². The Morgan fingerprint density at radius 1 is 1.35 bits per heavy atom. The zero-order valence-electron chi connectivity index (χ0n) is 9.76. The van der Waals surface area contributed by atoms with Gasteiger partial charge < -0.3 is 5.73 Å². The number of hydrogen-bond donors (Lipinski definition) is 2. The summed E-state index contributed by atoms with van der Waals surface area (Å²) in [6, 6.07) is 1.49. The van der Waals surface area contributed by atoms with E-state index >= 15 is 0 Å². The molecule has 0 bridgehead atoms. The molecule has 1 aliphatic rings. The molecule has 0 spiro atoms. The van der Waals surface area contributed by atoms with E-state index in [1.807, 2.05) is 0 Å². The van der Waals surface area contributed by atoms with Crippen LogP contribution in [0.5, 0.6) is 0 Å². The second kappa shape index (κ2) is 5.14. The van der Waals surface area contributed by atoms with E-state index in [4.69, 9.17) is 28.9 Å². The number of nitrogens with one attached hydrogen (secondary N) is 1. The SMILES string of the molecule is NC(=O)C1CC1=NNc1c(Cl)cc(C(F)(F)F)cc1Cl. The molecule has 1 aliphatic carbocycles. The number of benzene rings is 1. The van der Waals surface area contributed by atoms with Crippen LogP contribution in [0.3, 0.4) is 0 Å². The Labute approximate surface area is 121 Å². The molecule has 9 heteroatoms. The molecular formula is C11H8Cl2F3N3O. The summed E-state index contributed by atoms with van der Waals surface area (Å²) in [5, 5.41) is 3.40. The number of amides is 1. The Kier molecular flexibility index (Phi) is 3.84. The lowest BCUT2D eigenvalue weighted by Crippen LogP contribution is -2.14. The van der Waals surface area contributed by atoms with Crippen molar-refractivity contribution < 1.29 is 18.0 Å². The molecule has 2 rings (SSSR count). The highest BCUT2D eigenvalue weighted by Gasteiger charge is 2.37. The molecule has 3 N–H and O–H groups in total. The molecule has 1 saturated carbocycles. The Hall–Kier alpha value is -1.47. The summed E-state index contributed by atoms with van der Waals surface area (Å²) in [6.07, 6.45) is -4.12. The number of halogens is 5. The van der Waals surface area contributed by atoms with Gasteiger partial charge in [-0.3, -0.25) is 10.2 Å². The van der Waals surface area contributed by atoms with E-state index < -0.39 is 23.6 Å². The van der Waals surface area contributed by atoms with Gasteiger partial charge in [-0.1, -0.05) is 23.2 Å². The molecule has 1 aromatic carbocycles. The second-order valence-corrected chi connectivity index (χ2v) is 5.00. The second-order valence-electron chi connectivity index (χ2n) is 4.19. The van der Waals surface area contributed by atoms with E-state index in [1.165, 1.54) is 0 Å². The summed E-state index contributed by atoms with van der Waals surface area (Å²) in [4.78, 5) is 10.8. The normalized spacial score (nSPS) is 20.1. The largest absolute Gasteiger partial charge is 0.416 e. The molecule has 1 atom stereocenters. The van der Waals surface area contributed by atoms with Gasteiger partial charge >= 0.3 is 6.18 Å². The molecule has 1 fully saturated rings. The minimum Gasteiger partial charge on any atom is -0.369 e. The Balaban J connectivity index is 2.20. The Morgan fingerprint density at radius 2 is 1.90 bits per heavy atom. The van der Waals surface area contributed by atoms with Crippen molar-refractivity contribution in [3.8, 4) is 0 Å². The molecule has 108 valence electrons. The number of anilines is 1. The number of nitrogens with zero attached hydrogens (tertiary/aromatic N) is 1. The highest BCUT2D eigenvalue weighted by atomic mass is 35.5. The van der Waals surface area contributed by atoms with Gasteiger partial charge in [0.25, 0.3) is 0 Å². The monoisotopic (exact) mass is 325 g/mol. The van der Waals surface area contributed by atoms with Crippen LogP contribution in [-0.4, -0.2) is 11.6 Å². The number of nitrogens with two attached hydrogens (primary N) is 1. The first-order valence-electron chi connectivity index (χ1n) is 5.38. The van der Waals surface area contributed by atoms with E-state index in [2.05, 4.69) is 10.5 Å². The van der Waals surface area contributed by atoms with Crippen molar-refractivity contribution >= 4 is 40.5 Å². The van der Waals surface area contributed by atoms with Gasteiger partial charge in [-0.2, -0.15) is 18.3 Å². The molecule has 1 aromatic rings. The number of hydrazone groups is 1. The van der Waals surface area contributed by atoms with Crippen molar-refractivity contribution in [1.29, 1.82) is 0 Å². The summed E-state index contributed by atoms with van der Waals surface area (Å²) in [5.41, 5.74) is 7.11. The van der Waals surface area contributed by atoms with E-state index in [0.717, 1.165) is 12.1 Å². The predicted octanol–water partition coefficient (Wildman–Crippen LogP) is 3.29. The molecule has 0 aliphatic heterocycles. The molecule has 0 radical (unpaired) electrons. The van der Waals surface area contributed by atoms with Crippen molar-refractivity contribution in [1.82, 2.24) is 0 Å². The van der Waals surface area contributed by atoms with Crippen LogP contribution in [0, 0.1) is 5.92 Å². The number of alkyl halides is 3. The van der Waals surface area contributed by atoms with Crippen LogP contribution in [0.1, 0.15) is 12.0 Å². The number of carbonyl (C=O) groups excluding carboxylic acids is 1. The zero-order chi connectivity index (χ0) is 15.1. The first-order chi connectivity index (χ1) is 9.20. The Bertz CT molecular complexity index is 578. The van der Waals surface area contributed by atoms with Crippen molar-refractivity contribution in [3.05, 3.63) is 27.7 Å². The fourth-order valence-electron chi connectivity index (χ4n) is 1.51. The fraction of sp³-hybridized carbons (Fsp3) is 0.273. The van der Waals surface area contributed by atoms with Gasteiger partial charge in [-0.25, -0.2) is 0 Å². The number of hydrogen-bond acceptors (Lipinski definition) is 3. The fourth-order valence-corrected chi connectivity index (χ4v) is 2.08. The third-order valence-electron chi connectivity index (χ3n) is 2.68. The highest BCUT2D eigenvalue weighted by Crippen LogP contribution is 2.38. The van der Waals surface area contributed by atoms with Gasteiger partial charge in [0.1, 0.15) is 0 Å². The summed E-state index contributed by atoms with van der Waals surface area (Å²) in [5.74, 6) is -0.940. The van der Waals surface area contributed by atoms with Crippen molar-refractivity contribution in [2.45, 2.75) is 12.6 Å². The minimum absolute atomic E-state index is 0.0453. The maximum absolute atomic E-state index is 12.5. The van der Waals surface area contributed by atoms with Crippen LogP contribution in [0.4, 0.5) is 18.9 Å². The number of rotatable bonds is 3. The maximum atomic E-state index is 12.5. The zero-order valence-corrected chi connectivity index (χ0v) is 11.3. The first-order valence-corrected chi connectivity index (χ1v) is 6.13. The first kappa shape index (κ1) is 14.9. The molecular weight excluding hydrogens is 318 g/mol. The lowest BCUT2D eigenvalue weighted by atomic mass is 10.2. The van der Waals surface area contributed by atoms with Gasteiger partial charge in [0.05, 0.1) is 32.9 Å². The molecule has 0 saturated heterocycles. The van der Waals surface area contributed by atoms with Crippen LogP contribution in [0.15, 0.2) is 17.2 Å². The smallest absolute Gasteiger partial charge is 0.369 e. The van der Waals surface area contributed by atoms with Crippen molar-refractivity contribution in [3.63, 3.8) is 0 Å². The predicted molar refractivity (Wildman–Crippen MR) is 69.8 cm³/mol. The summed E-state index contributed by atoms with van der Waals surface area (Å²) < 4.78 is 37.6. The van der Waals surface area contributed by atoms with Crippen molar-refractivity contribution in [2.24, 2.45) is 16.8 Å². The van der Waals surface area contributed by atoms with Crippen LogP contribution in [-0.2, 0) is 11.0 Å².